The first-order chi connectivity index (χ1) is 10.5. The molecule has 0 aromatic heterocycles. The summed E-state index contributed by atoms with van der Waals surface area (Å²) in [4.78, 5) is 0. The van der Waals surface area contributed by atoms with Crippen molar-refractivity contribution < 1.29 is 8.42 Å². The number of hydrogen-bond acceptors (Lipinski definition) is 2. The van der Waals surface area contributed by atoms with Gasteiger partial charge in [-0.05, 0) is 0 Å². The zero-order chi connectivity index (χ0) is 15.7. The fraction of sp³-hybridized carbons (Fsp3) is 0.294. The van der Waals surface area contributed by atoms with Gasteiger partial charge in [0.25, 0.3) is 0 Å². The first kappa shape index (κ1) is 15.6. The Morgan fingerprint density at radius 3 is 2.50 bits per heavy atom. The molecule has 1 heterocycles. The molecule has 0 fully saturated rings. The molecule has 0 aliphatic carbocycles. The molecule has 0 radical (unpaired) electrons. The SMILES string of the molecule is CCC1CN(S(C)(=O)=O)c2ccc([Se]c3ccccc3)cc21. The van der Waals surface area contributed by atoms with Crippen LogP contribution in [0.2, 0.25) is 0 Å². The van der Waals surface area contributed by atoms with E-state index in [0.29, 0.717) is 12.5 Å². The van der Waals surface area contributed by atoms with E-state index in [1.807, 2.05) is 12.1 Å². The average Bonchev–Trinajstić information content (AvgIpc) is 2.86. The quantitative estimate of drug-likeness (QED) is 0.756. The summed E-state index contributed by atoms with van der Waals surface area (Å²) < 4.78 is 28.1. The van der Waals surface area contributed by atoms with E-state index in [4.69, 9.17) is 0 Å². The van der Waals surface area contributed by atoms with E-state index in [1.54, 1.807) is 4.31 Å². The molecule has 22 heavy (non-hydrogen) atoms. The van der Waals surface area contributed by atoms with Crippen LogP contribution in [0.25, 0.3) is 0 Å². The Bertz CT molecular complexity index is 775. The van der Waals surface area contributed by atoms with Crippen LogP contribution < -0.4 is 13.2 Å². The van der Waals surface area contributed by atoms with E-state index in [2.05, 4.69) is 43.3 Å². The first-order valence-electron chi connectivity index (χ1n) is 7.33. The van der Waals surface area contributed by atoms with Crippen molar-refractivity contribution in [3.63, 3.8) is 0 Å². The van der Waals surface area contributed by atoms with Gasteiger partial charge in [-0.25, -0.2) is 0 Å². The van der Waals surface area contributed by atoms with Crippen LogP contribution in [-0.2, 0) is 10.0 Å². The number of sulfonamides is 1. The second-order valence-corrected chi connectivity index (χ2v) is 9.85. The number of benzene rings is 2. The first-order valence-corrected chi connectivity index (χ1v) is 10.9. The van der Waals surface area contributed by atoms with Crippen molar-refractivity contribution >= 4 is 39.6 Å². The molecule has 1 aliphatic rings. The molecule has 0 bridgehead atoms. The predicted octanol–water partition coefficient (Wildman–Crippen LogP) is 1.61. The fourth-order valence-corrected chi connectivity index (χ4v) is 5.67. The summed E-state index contributed by atoms with van der Waals surface area (Å²) in [6, 6.07) is 16.7. The van der Waals surface area contributed by atoms with Gasteiger partial charge in [0.1, 0.15) is 0 Å². The third-order valence-electron chi connectivity index (χ3n) is 3.97. The predicted molar refractivity (Wildman–Crippen MR) is 93.1 cm³/mol. The number of anilines is 1. The number of hydrogen-bond donors (Lipinski definition) is 0. The second kappa shape index (κ2) is 6.07. The van der Waals surface area contributed by atoms with Crippen molar-refractivity contribution in [3.8, 4) is 0 Å². The van der Waals surface area contributed by atoms with E-state index in [1.165, 1.54) is 20.7 Å². The van der Waals surface area contributed by atoms with Gasteiger partial charge in [0.15, 0.2) is 0 Å². The van der Waals surface area contributed by atoms with Gasteiger partial charge >= 0.3 is 138 Å². The van der Waals surface area contributed by atoms with Crippen molar-refractivity contribution in [1.29, 1.82) is 0 Å². The number of fused-ring (bicyclic) bond motifs is 1. The molecule has 116 valence electrons. The minimum absolute atomic E-state index is 0.257. The Balaban J connectivity index is 1.96. The molecule has 0 N–H and O–H groups in total. The van der Waals surface area contributed by atoms with Crippen LogP contribution >= 0.6 is 0 Å². The molecule has 0 amide bonds. The summed E-state index contributed by atoms with van der Waals surface area (Å²) in [7, 11) is -3.19. The van der Waals surface area contributed by atoms with Crippen molar-refractivity contribution in [2.75, 3.05) is 17.1 Å². The maximum atomic E-state index is 12.0. The zero-order valence-electron chi connectivity index (χ0n) is 12.7. The summed E-state index contributed by atoms with van der Waals surface area (Å²) in [5, 5.41) is 0. The van der Waals surface area contributed by atoms with Crippen LogP contribution in [-0.4, -0.2) is 36.2 Å². The molecule has 3 nitrogen and oxygen atoms in total. The summed E-state index contributed by atoms with van der Waals surface area (Å²) >= 11 is 0.257. The molecule has 1 atom stereocenters. The van der Waals surface area contributed by atoms with Crippen LogP contribution in [0.4, 0.5) is 5.69 Å². The normalized spacial score (nSPS) is 17.5. The van der Waals surface area contributed by atoms with Gasteiger partial charge in [0.05, 0.1) is 0 Å². The molecule has 1 unspecified atom stereocenters. The van der Waals surface area contributed by atoms with Crippen molar-refractivity contribution in [1.82, 2.24) is 0 Å². The Labute approximate surface area is 138 Å². The van der Waals surface area contributed by atoms with Crippen LogP contribution in [0.5, 0.6) is 0 Å². The van der Waals surface area contributed by atoms with Crippen LogP contribution in [0.3, 0.4) is 0 Å². The van der Waals surface area contributed by atoms with Gasteiger partial charge in [0.2, 0.25) is 0 Å². The second-order valence-electron chi connectivity index (χ2n) is 5.54. The Morgan fingerprint density at radius 1 is 1.14 bits per heavy atom. The molecule has 0 saturated heterocycles. The number of nitrogens with zero attached hydrogens (tertiary/aromatic N) is 1. The van der Waals surface area contributed by atoms with Crippen LogP contribution in [0.15, 0.2) is 48.5 Å². The summed E-state index contributed by atoms with van der Waals surface area (Å²) in [6.45, 7) is 2.70. The van der Waals surface area contributed by atoms with Crippen molar-refractivity contribution in [2.24, 2.45) is 0 Å². The molecule has 2 aromatic rings. The fourth-order valence-electron chi connectivity index (χ4n) is 2.83. The average molecular weight is 380 g/mol. The topological polar surface area (TPSA) is 37.4 Å². The molecule has 3 rings (SSSR count). The zero-order valence-corrected chi connectivity index (χ0v) is 15.2. The molecule has 2 aromatic carbocycles. The van der Waals surface area contributed by atoms with Gasteiger partial charge in [-0.1, -0.05) is 0 Å². The van der Waals surface area contributed by atoms with Gasteiger partial charge in [-0.15, -0.1) is 0 Å². The number of rotatable bonds is 4. The monoisotopic (exact) mass is 381 g/mol. The third kappa shape index (κ3) is 3.07. The van der Waals surface area contributed by atoms with Gasteiger partial charge in [-0.3, -0.25) is 0 Å². The molecule has 5 heteroatoms. The summed E-state index contributed by atoms with van der Waals surface area (Å²) in [5.41, 5.74) is 2.05. The Kier molecular flexibility index (Phi) is 4.31. The van der Waals surface area contributed by atoms with E-state index < -0.39 is 10.0 Å². The van der Waals surface area contributed by atoms with Crippen LogP contribution in [0, 0.1) is 0 Å². The van der Waals surface area contributed by atoms with Crippen molar-refractivity contribution in [3.05, 3.63) is 54.1 Å². The molecular weight excluding hydrogens is 361 g/mol. The van der Waals surface area contributed by atoms with E-state index >= 15 is 0 Å². The van der Waals surface area contributed by atoms with E-state index in [-0.39, 0.29) is 15.0 Å². The third-order valence-corrected chi connectivity index (χ3v) is 7.21. The molecular formula is C17H19NO2SSe. The summed E-state index contributed by atoms with van der Waals surface area (Å²) in [6.07, 6.45) is 2.25. The van der Waals surface area contributed by atoms with E-state index in [0.717, 1.165) is 12.1 Å². The maximum absolute atomic E-state index is 12.0. The molecule has 1 aliphatic heterocycles. The Morgan fingerprint density at radius 2 is 1.86 bits per heavy atom. The van der Waals surface area contributed by atoms with Gasteiger partial charge in [-0.2, -0.15) is 0 Å². The molecule has 0 saturated carbocycles. The van der Waals surface area contributed by atoms with Gasteiger partial charge in [0, 0.05) is 0 Å². The minimum atomic E-state index is -3.19. The van der Waals surface area contributed by atoms with Gasteiger partial charge < -0.3 is 0 Å². The Hall–Kier alpha value is -1.29. The standard InChI is InChI=1S/C17H19NO2SSe/c1-3-13-12-18(21(2,19)20)17-10-9-15(11-16(13)17)22-14-7-5-4-6-8-14/h4-11,13H,3,12H2,1-2H3. The summed E-state index contributed by atoms with van der Waals surface area (Å²) in [5.74, 6) is 0.302. The van der Waals surface area contributed by atoms with Crippen molar-refractivity contribution in [2.45, 2.75) is 19.3 Å². The van der Waals surface area contributed by atoms with Crippen LogP contribution in [0.1, 0.15) is 24.8 Å². The van der Waals surface area contributed by atoms with E-state index in [9.17, 15) is 8.42 Å². The molecule has 0 spiro atoms.